The Labute approximate surface area is 111 Å². The van der Waals surface area contributed by atoms with Crippen LogP contribution in [0.1, 0.15) is 10.4 Å². The number of carbonyl (C=O) groups is 1. The quantitative estimate of drug-likeness (QED) is 0.611. The molecule has 0 fully saturated rings. The van der Waals surface area contributed by atoms with Gasteiger partial charge in [0.15, 0.2) is 0 Å². The SMILES string of the molecule is CNCCN(C)C(=O)c1ccc([N+](=O)[O-])cc1OC. The lowest BCUT2D eigenvalue weighted by atomic mass is 10.1. The van der Waals surface area contributed by atoms with Crippen molar-refractivity contribution in [3.8, 4) is 5.75 Å². The molecule has 0 aromatic heterocycles. The molecule has 7 nitrogen and oxygen atoms in total. The second-order valence-corrected chi connectivity index (χ2v) is 3.97. The van der Waals surface area contributed by atoms with Crippen LogP contribution in [0.15, 0.2) is 18.2 Å². The zero-order valence-corrected chi connectivity index (χ0v) is 11.2. The molecule has 0 radical (unpaired) electrons. The van der Waals surface area contributed by atoms with E-state index in [1.165, 1.54) is 30.2 Å². The van der Waals surface area contributed by atoms with Crippen LogP contribution in [0.4, 0.5) is 5.69 Å². The van der Waals surface area contributed by atoms with Crippen LogP contribution in [0, 0.1) is 10.1 Å². The molecule has 1 N–H and O–H groups in total. The van der Waals surface area contributed by atoms with E-state index in [4.69, 9.17) is 4.74 Å². The van der Waals surface area contributed by atoms with Crippen molar-refractivity contribution in [2.45, 2.75) is 0 Å². The minimum absolute atomic E-state index is 0.105. The number of nitrogens with zero attached hydrogens (tertiary/aromatic N) is 2. The minimum atomic E-state index is -0.526. The number of non-ortho nitro benzene ring substituents is 1. The predicted molar refractivity (Wildman–Crippen MR) is 70.5 cm³/mol. The summed E-state index contributed by atoms with van der Waals surface area (Å²) in [5.41, 5.74) is 0.206. The van der Waals surface area contributed by atoms with Gasteiger partial charge in [0, 0.05) is 26.2 Å². The van der Waals surface area contributed by atoms with E-state index in [1.807, 2.05) is 0 Å². The van der Waals surface area contributed by atoms with Gasteiger partial charge < -0.3 is 15.0 Å². The molecule has 1 aromatic carbocycles. The largest absolute Gasteiger partial charge is 0.496 e. The third-order valence-electron chi connectivity index (χ3n) is 2.67. The Hall–Kier alpha value is -2.15. The summed E-state index contributed by atoms with van der Waals surface area (Å²) in [5, 5.41) is 13.6. The number of nitro groups is 1. The van der Waals surface area contributed by atoms with Gasteiger partial charge in [0.05, 0.1) is 23.7 Å². The second-order valence-electron chi connectivity index (χ2n) is 3.97. The van der Waals surface area contributed by atoms with Crippen molar-refractivity contribution >= 4 is 11.6 Å². The first kappa shape index (κ1) is 14.9. The van der Waals surface area contributed by atoms with Gasteiger partial charge in [-0.2, -0.15) is 0 Å². The van der Waals surface area contributed by atoms with Gasteiger partial charge in [-0.25, -0.2) is 0 Å². The normalized spacial score (nSPS) is 10.1. The fourth-order valence-electron chi connectivity index (χ4n) is 1.56. The lowest BCUT2D eigenvalue weighted by Crippen LogP contribution is -2.33. The molecule has 104 valence electrons. The molecule has 7 heteroatoms. The van der Waals surface area contributed by atoms with Gasteiger partial charge in [-0.05, 0) is 13.1 Å². The van der Waals surface area contributed by atoms with Crippen LogP contribution >= 0.6 is 0 Å². The highest BCUT2D eigenvalue weighted by atomic mass is 16.6. The maximum absolute atomic E-state index is 12.2. The average Bonchev–Trinajstić information content (AvgIpc) is 2.42. The molecule has 0 bridgehead atoms. The number of nitro benzene ring substituents is 1. The monoisotopic (exact) mass is 267 g/mol. The van der Waals surface area contributed by atoms with Crippen molar-refractivity contribution in [3.05, 3.63) is 33.9 Å². The van der Waals surface area contributed by atoms with Crippen molar-refractivity contribution in [2.24, 2.45) is 0 Å². The topological polar surface area (TPSA) is 84.7 Å². The summed E-state index contributed by atoms with van der Waals surface area (Å²) in [5.74, 6) is -0.0301. The van der Waals surface area contributed by atoms with Crippen molar-refractivity contribution < 1.29 is 14.5 Å². The molecule has 0 aliphatic rings. The van der Waals surface area contributed by atoms with E-state index in [2.05, 4.69) is 5.32 Å². The van der Waals surface area contributed by atoms with Gasteiger partial charge >= 0.3 is 0 Å². The Morgan fingerprint density at radius 1 is 1.53 bits per heavy atom. The van der Waals surface area contributed by atoms with Crippen molar-refractivity contribution in [3.63, 3.8) is 0 Å². The number of carbonyl (C=O) groups excluding carboxylic acids is 1. The van der Waals surface area contributed by atoms with E-state index >= 15 is 0 Å². The lowest BCUT2D eigenvalue weighted by Gasteiger charge is -2.18. The molecule has 0 unspecified atom stereocenters. The van der Waals surface area contributed by atoms with Crippen molar-refractivity contribution in [2.75, 3.05) is 34.3 Å². The third kappa shape index (κ3) is 3.65. The zero-order valence-electron chi connectivity index (χ0n) is 11.2. The van der Waals surface area contributed by atoms with Crippen LogP contribution in [0.2, 0.25) is 0 Å². The molecule has 1 amide bonds. The van der Waals surface area contributed by atoms with Gasteiger partial charge in [0.1, 0.15) is 5.75 Å². The van der Waals surface area contributed by atoms with Gasteiger partial charge in [-0.3, -0.25) is 14.9 Å². The first-order valence-corrected chi connectivity index (χ1v) is 5.73. The Kier molecular flexibility index (Phi) is 5.25. The average molecular weight is 267 g/mol. The number of methoxy groups -OCH3 is 1. The van der Waals surface area contributed by atoms with Crippen molar-refractivity contribution in [1.82, 2.24) is 10.2 Å². The Bertz CT molecular complexity index is 476. The Morgan fingerprint density at radius 3 is 2.74 bits per heavy atom. The van der Waals surface area contributed by atoms with Crippen LogP contribution in [0.25, 0.3) is 0 Å². The van der Waals surface area contributed by atoms with E-state index in [-0.39, 0.29) is 17.3 Å². The van der Waals surface area contributed by atoms with E-state index < -0.39 is 4.92 Å². The summed E-state index contributed by atoms with van der Waals surface area (Å²) in [4.78, 5) is 23.8. The van der Waals surface area contributed by atoms with E-state index in [1.54, 1.807) is 14.1 Å². The fourth-order valence-corrected chi connectivity index (χ4v) is 1.56. The second kappa shape index (κ2) is 6.69. The molecule has 0 saturated carbocycles. The number of hydrogen-bond acceptors (Lipinski definition) is 5. The van der Waals surface area contributed by atoms with Crippen molar-refractivity contribution in [1.29, 1.82) is 0 Å². The number of hydrogen-bond donors (Lipinski definition) is 1. The first-order chi connectivity index (χ1) is 9.01. The van der Waals surface area contributed by atoms with Crippen LogP contribution < -0.4 is 10.1 Å². The molecular formula is C12H17N3O4. The summed E-state index contributed by atoms with van der Waals surface area (Å²) in [6.45, 7) is 1.20. The van der Waals surface area contributed by atoms with Crippen LogP contribution in [-0.4, -0.2) is 50.0 Å². The third-order valence-corrected chi connectivity index (χ3v) is 2.67. The maximum atomic E-state index is 12.2. The van der Waals surface area contributed by atoms with Gasteiger partial charge in [-0.15, -0.1) is 0 Å². The summed E-state index contributed by atoms with van der Waals surface area (Å²) in [6.07, 6.45) is 0. The smallest absolute Gasteiger partial charge is 0.273 e. The molecule has 1 rings (SSSR count). The minimum Gasteiger partial charge on any atom is -0.496 e. The van der Waals surface area contributed by atoms with E-state index in [0.29, 0.717) is 18.7 Å². The summed E-state index contributed by atoms with van der Waals surface area (Å²) < 4.78 is 5.04. The lowest BCUT2D eigenvalue weighted by molar-refractivity contribution is -0.384. The first-order valence-electron chi connectivity index (χ1n) is 5.73. The summed E-state index contributed by atoms with van der Waals surface area (Å²) >= 11 is 0. The molecular weight excluding hydrogens is 250 g/mol. The maximum Gasteiger partial charge on any atom is 0.273 e. The van der Waals surface area contributed by atoms with Crippen LogP contribution in [-0.2, 0) is 0 Å². The Balaban J connectivity index is 2.99. The highest BCUT2D eigenvalue weighted by Crippen LogP contribution is 2.25. The number of rotatable bonds is 6. The number of ether oxygens (including phenoxy) is 1. The van der Waals surface area contributed by atoms with Gasteiger partial charge in [-0.1, -0.05) is 0 Å². The van der Waals surface area contributed by atoms with E-state index in [0.717, 1.165) is 0 Å². The van der Waals surface area contributed by atoms with Gasteiger partial charge in [0.25, 0.3) is 11.6 Å². The van der Waals surface area contributed by atoms with Crippen LogP contribution in [0.3, 0.4) is 0 Å². The molecule has 0 saturated heterocycles. The zero-order chi connectivity index (χ0) is 14.4. The molecule has 0 aliphatic carbocycles. The summed E-state index contributed by atoms with van der Waals surface area (Å²) in [7, 11) is 4.84. The fraction of sp³-hybridized carbons (Fsp3) is 0.417. The highest BCUT2D eigenvalue weighted by Gasteiger charge is 2.19. The Morgan fingerprint density at radius 2 is 2.21 bits per heavy atom. The van der Waals surface area contributed by atoms with Gasteiger partial charge in [0.2, 0.25) is 0 Å². The molecule has 19 heavy (non-hydrogen) atoms. The standard InChI is InChI=1S/C12H17N3O4/c1-13-6-7-14(2)12(16)10-5-4-9(15(17)18)8-11(10)19-3/h4-5,8,13H,6-7H2,1-3H3. The molecule has 1 aromatic rings. The van der Waals surface area contributed by atoms with E-state index in [9.17, 15) is 14.9 Å². The molecule has 0 heterocycles. The highest BCUT2D eigenvalue weighted by molar-refractivity contribution is 5.97. The number of likely N-dealkylation sites (N-methyl/N-ethyl adjacent to an activating group) is 2. The van der Waals surface area contributed by atoms with Crippen LogP contribution in [0.5, 0.6) is 5.75 Å². The summed E-state index contributed by atoms with van der Waals surface area (Å²) in [6, 6.07) is 3.95. The molecule has 0 aliphatic heterocycles. The number of amides is 1. The molecule has 0 atom stereocenters. The number of nitrogens with one attached hydrogen (secondary N) is 1. The predicted octanol–water partition coefficient (Wildman–Crippen LogP) is 0.895. The molecule has 0 spiro atoms. The number of benzene rings is 1.